The summed E-state index contributed by atoms with van der Waals surface area (Å²) in [5, 5.41) is 7.16. The summed E-state index contributed by atoms with van der Waals surface area (Å²) in [6.45, 7) is 5.73. The van der Waals surface area contributed by atoms with Crippen LogP contribution in [-0.2, 0) is 16.6 Å². The molecule has 1 aliphatic heterocycles. The summed E-state index contributed by atoms with van der Waals surface area (Å²) in [5.41, 5.74) is 0. The number of hydrogen-bond donors (Lipinski definition) is 1. The van der Waals surface area contributed by atoms with E-state index in [1.54, 1.807) is 11.2 Å². The molecule has 1 saturated heterocycles. The summed E-state index contributed by atoms with van der Waals surface area (Å²) < 4.78 is 28.3. The number of piperidine rings is 1. The van der Waals surface area contributed by atoms with Gasteiger partial charge in [-0.15, -0.1) is 0 Å². The molecule has 6 nitrogen and oxygen atoms in total. The lowest BCUT2D eigenvalue weighted by Crippen LogP contribution is -2.40. The van der Waals surface area contributed by atoms with Crippen molar-refractivity contribution in [3.05, 3.63) is 10.6 Å². The Morgan fingerprint density at radius 3 is 2.85 bits per heavy atom. The second-order valence-electron chi connectivity index (χ2n) is 5.14. The van der Waals surface area contributed by atoms with Crippen LogP contribution in [0, 0.1) is 4.77 Å². The molecule has 0 bridgehead atoms. The van der Waals surface area contributed by atoms with E-state index in [0.717, 1.165) is 31.6 Å². The van der Waals surface area contributed by atoms with Crippen molar-refractivity contribution in [2.24, 2.45) is 0 Å². The van der Waals surface area contributed by atoms with E-state index in [9.17, 15) is 8.42 Å². The first-order valence-corrected chi connectivity index (χ1v) is 9.14. The molecule has 0 radical (unpaired) electrons. The number of nitrogens with zero attached hydrogens (tertiary/aromatic N) is 3. The Balaban J connectivity index is 2.23. The lowest BCUT2D eigenvalue weighted by molar-refractivity contribution is 0.304. The molecule has 20 heavy (non-hydrogen) atoms. The van der Waals surface area contributed by atoms with E-state index < -0.39 is 10.0 Å². The number of H-pyrrole nitrogens is 1. The van der Waals surface area contributed by atoms with Crippen molar-refractivity contribution >= 4 is 22.2 Å². The molecular weight excluding hydrogens is 296 g/mol. The number of rotatable bonds is 5. The standard InChI is InChI=1S/C12H22N4O2S2/c1-3-7-16-11(13-14-12(16)19)10-6-5-8-15(9-10)20(17,18)4-2/h10H,3-9H2,1-2H3,(H,14,19)/t10-/m1/s1. The van der Waals surface area contributed by atoms with Crippen LogP contribution in [0.4, 0.5) is 0 Å². The molecule has 2 rings (SSSR count). The van der Waals surface area contributed by atoms with Gasteiger partial charge in [-0.2, -0.15) is 5.10 Å². The van der Waals surface area contributed by atoms with Crippen LogP contribution in [0.15, 0.2) is 0 Å². The fraction of sp³-hybridized carbons (Fsp3) is 0.833. The quantitative estimate of drug-likeness (QED) is 0.842. The Morgan fingerprint density at radius 1 is 1.45 bits per heavy atom. The van der Waals surface area contributed by atoms with Crippen LogP contribution in [0.5, 0.6) is 0 Å². The van der Waals surface area contributed by atoms with Gasteiger partial charge in [0.2, 0.25) is 10.0 Å². The van der Waals surface area contributed by atoms with Gasteiger partial charge in [0.1, 0.15) is 5.82 Å². The minimum Gasteiger partial charge on any atom is -0.304 e. The molecule has 1 aliphatic rings. The van der Waals surface area contributed by atoms with Crippen molar-refractivity contribution in [3.8, 4) is 0 Å². The summed E-state index contributed by atoms with van der Waals surface area (Å²) in [7, 11) is -3.12. The third kappa shape index (κ3) is 3.12. The Bertz CT molecular complexity index is 605. The molecule has 1 atom stereocenters. The van der Waals surface area contributed by atoms with E-state index in [1.165, 1.54) is 0 Å². The highest BCUT2D eigenvalue weighted by Crippen LogP contribution is 2.27. The van der Waals surface area contributed by atoms with Crippen molar-refractivity contribution < 1.29 is 8.42 Å². The molecule has 0 spiro atoms. The molecule has 1 fully saturated rings. The van der Waals surface area contributed by atoms with Gasteiger partial charge in [-0.05, 0) is 38.4 Å². The maximum Gasteiger partial charge on any atom is 0.213 e. The van der Waals surface area contributed by atoms with Gasteiger partial charge in [0.05, 0.1) is 5.75 Å². The monoisotopic (exact) mass is 318 g/mol. The van der Waals surface area contributed by atoms with E-state index in [0.29, 0.717) is 17.9 Å². The van der Waals surface area contributed by atoms with Gasteiger partial charge in [0, 0.05) is 25.6 Å². The first kappa shape index (κ1) is 15.7. The van der Waals surface area contributed by atoms with Crippen molar-refractivity contribution in [3.63, 3.8) is 0 Å². The van der Waals surface area contributed by atoms with E-state index in [4.69, 9.17) is 12.2 Å². The molecule has 8 heteroatoms. The maximum atomic E-state index is 12.0. The number of sulfonamides is 1. The molecular formula is C12H22N4O2S2. The minimum atomic E-state index is -3.12. The zero-order valence-corrected chi connectivity index (χ0v) is 13.6. The van der Waals surface area contributed by atoms with E-state index in [-0.39, 0.29) is 11.7 Å². The van der Waals surface area contributed by atoms with E-state index >= 15 is 0 Å². The largest absolute Gasteiger partial charge is 0.304 e. The fourth-order valence-electron chi connectivity index (χ4n) is 2.67. The molecule has 0 saturated carbocycles. The average Bonchev–Trinajstić information content (AvgIpc) is 2.81. The van der Waals surface area contributed by atoms with Gasteiger partial charge in [-0.3, -0.25) is 5.10 Å². The van der Waals surface area contributed by atoms with Gasteiger partial charge in [0.25, 0.3) is 0 Å². The first-order chi connectivity index (χ1) is 9.49. The number of aromatic nitrogens is 3. The van der Waals surface area contributed by atoms with Crippen LogP contribution in [0.3, 0.4) is 0 Å². The summed E-state index contributed by atoms with van der Waals surface area (Å²) in [5.74, 6) is 1.18. The molecule has 114 valence electrons. The van der Waals surface area contributed by atoms with Crippen molar-refractivity contribution in [2.45, 2.75) is 45.6 Å². The average molecular weight is 318 g/mol. The van der Waals surface area contributed by atoms with Gasteiger partial charge in [0.15, 0.2) is 4.77 Å². The normalized spacial score (nSPS) is 21.2. The van der Waals surface area contributed by atoms with Crippen molar-refractivity contribution in [1.29, 1.82) is 0 Å². The zero-order chi connectivity index (χ0) is 14.8. The molecule has 0 aliphatic carbocycles. The second kappa shape index (κ2) is 6.36. The molecule has 0 amide bonds. The predicted octanol–water partition coefficient (Wildman–Crippen LogP) is 1.88. The summed E-state index contributed by atoms with van der Waals surface area (Å²) in [6, 6.07) is 0. The Labute approximate surface area is 125 Å². The van der Waals surface area contributed by atoms with E-state index in [2.05, 4.69) is 17.1 Å². The first-order valence-electron chi connectivity index (χ1n) is 7.12. The highest BCUT2D eigenvalue weighted by atomic mass is 32.2. The predicted molar refractivity (Wildman–Crippen MR) is 80.7 cm³/mol. The lowest BCUT2D eigenvalue weighted by Gasteiger charge is -2.31. The smallest absolute Gasteiger partial charge is 0.213 e. The molecule has 2 heterocycles. The molecule has 1 N–H and O–H groups in total. The third-order valence-corrected chi connectivity index (χ3v) is 5.90. The maximum absolute atomic E-state index is 12.0. The highest BCUT2D eigenvalue weighted by Gasteiger charge is 2.30. The Morgan fingerprint density at radius 2 is 2.20 bits per heavy atom. The number of aromatic amines is 1. The molecule has 0 unspecified atom stereocenters. The third-order valence-electron chi connectivity index (χ3n) is 3.74. The molecule has 1 aromatic heterocycles. The highest BCUT2D eigenvalue weighted by molar-refractivity contribution is 7.89. The van der Waals surface area contributed by atoms with Gasteiger partial charge < -0.3 is 4.57 Å². The van der Waals surface area contributed by atoms with E-state index in [1.807, 2.05) is 4.57 Å². The van der Waals surface area contributed by atoms with Crippen LogP contribution in [0.1, 0.15) is 44.9 Å². The zero-order valence-electron chi connectivity index (χ0n) is 12.0. The van der Waals surface area contributed by atoms with Crippen molar-refractivity contribution in [1.82, 2.24) is 19.1 Å². The van der Waals surface area contributed by atoms with Gasteiger partial charge in [-0.25, -0.2) is 12.7 Å². The van der Waals surface area contributed by atoms with Crippen LogP contribution in [0.2, 0.25) is 0 Å². The van der Waals surface area contributed by atoms with Crippen LogP contribution < -0.4 is 0 Å². The Hall–Kier alpha value is -0.730. The summed E-state index contributed by atoms with van der Waals surface area (Å²) >= 11 is 5.25. The molecule has 0 aromatic carbocycles. The Kier molecular flexibility index (Phi) is 4.98. The molecule has 1 aromatic rings. The van der Waals surface area contributed by atoms with Gasteiger partial charge >= 0.3 is 0 Å². The van der Waals surface area contributed by atoms with Crippen molar-refractivity contribution in [2.75, 3.05) is 18.8 Å². The lowest BCUT2D eigenvalue weighted by atomic mass is 9.99. The van der Waals surface area contributed by atoms with Gasteiger partial charge in [-0.1, -0.05) is 6.92 Å². The van der Waals surface area contributed by atoms with Crippen LogP contribution in [0.25, 0.3) is 0 Å². The summed E-state index contributed by atoms with van der Waals surface area (Å²) in [6.07, 6.45) is 2.80. The SMILES string of the molecule is CCCn1c([C@@H]2CCCN(S(=O)(=O)CC)C2)n[nH]c1=S. The van der Waals surface area contributed by atoms with Crippen LogP contribution in [-0.4, -0.2) is 46.3 Å². The number of hydrogen-bond acceptors (Lipinski definition) is 4. The topological polar surface area (TPSA) is 71.0 Å². The fourth-order valence-corrected chi connectivity index (χ4v) is 4.08. The second-order valence-corrected chi connectivity index (χ2v) is 7.78. The number of nitrogens with one attached hydrogen (secondary N) is 1. The summed E-state index contributed by atoms with van der Waals surface area (Å²) in [4.78, 5) is 0. The minimum absolute atomic E-state index is 0.129. The van der Waals surface area contributed by atoms with Crippen LogP contribution >= 0.6 is 12.2 Å².